The van der Waals surface area contributed by atoms with E-state index in [1.165, 1.54) is 4.90 Å². The molecule has 0 saturated carbocycles. The molecule has 1 rings (SSSR count). The van der Waals surface area contributed by atoms with Crippen LogP contribution in [-0.4, -0.2) is 47.0 Å². The third kappa shape index (κ3) is 6.35. The van der Waals surface area contributed by atoms with E-state index in [0.717, 1.165) is 32.1 Å². The van der Waals surface area contributed by atoms with E-state index in [1.807, 2.05) is 6.08 Å². The zero-order chi connectivity index (χ0) is 17.2. The van der Waals surface area contributed by atoms with Gasteiger partial charge in [0, 0.05) is 6.54 Å². The number of likely N-dealkylation sites (tertiary alicyclic amines) is 1. The van der Waals surface area contributed by atoms with Crippen molar-refractivity contribution in [3.63, 3.8) is 0 Å². The Balaban J connectivity index is 2.60. The van der Waals surface area contributed by atoms with E-state index in [2.05, 4.69) is 24.9 Å². The highest BCUT2D eigenvalue weighted by Gasteiger charge is 2.34. The van der Waals surface area contributed by atoms with Gasteiger partial charge < -0.3 is 16.0 Å². The van der Waals surface area contributed by atoms with E-state index in [1.54, 1.807) is 6.08 Å². The second kappa shape index (κ2) is 10.4. The highest BCUT2D eigenvalue weighted by Crippen LogP contribution is 2.17. The maximum Gasteiger partial charge on any atom is 0.243 e. The van der Waals surface area contributed by atoms with Crippen LogP contribution in [0.25, 0.3) is 0 Å². The topological polar surface area (TPSA) is 92.5 Å². The molecule has 23 heavy (non-hydrogen) atoms. The highest BCUT2D eigenvalue weighted by molar-refractivity contribution is 7.96. The molecule has 0 spiro atoms. The van der Waals surface area contributed by atoms with Crippen LogP contribution in [0.3, 0.4) is 0 Å². The number of nitrogens with two attached hydrogens (primary N) is 1. The minimum atomic E-state index is -0.761. The molecule has 0 bridgehead atoms. The van der Waals surface area contributed by atoms with Crippen molar-refractivity contribution < 1.29 is 14.4 Å². The van der Waals surface area contributed by atoms with Gasteiger partial charge in [-0.15, -0.1) is 12.6 Å². The normalized spacial score (nSPS) is 19.1. The van der Waals surface area contributed by atoms with Gasteiger partial charge in [-0.05, 0) is 25.7 Å². The van der Waals surface area contributed by atoms with Crippen molar-refractivity contribution >= 4 is 29.6 Å². The average Bonchev–Trinajstić information content (AvgIpc) is 3.02. The van der Waals surface area contributed by atoms with Crippen molar-refractivity contribution in [3.8, 4) is 0 Å². The summed E-state index contributed by atoms with van der Waals surface area (Å²) in [5, 5.41) is 2.26. The van der Waals surface area contributed by atoms with Gasteiger partial charge in [0.25, 0.3) is 0 Å². The molecule has 2 atom stereocenters. The molecule has 0 aliphatic carbocycles. The number of carbonyl (C=O) groups is 3. The fourth-order valence-electron chi connectivity index (χ4n) is 2.64. The standard InChI is InChI=1S/C16H27N3O3S/c1-2-3-4-5-6-8-12(16(22)23)18-15(21)13-9-7-10-19(13)14(20)11-17/h6,8,12-13H,2-5,7,9-11,17H2,1H3,(H,18,21)(H,22,23)/b8-6-. The first-order valence-corrected chi connectivity index (χ1v) is 8.65. The van der Waals surface area contributed by atoms with E-state index >= 15 is 0 Å². The summed E-state index contributed by atoms with van der Waals surface area (Å²) in [5.41, 5.74) is 5.37. The summed E-state index contributed by atoms with van der Waals surface area (Å²) in [4.78, 5) is 37.2. The van der Waals surface area contributed by atoms with E-state index < -0.39 is 17.2 Å². The molecule has 2 amide bonds. The molecule has 0 radical (unpaired) electrons. The highest BCUT2D eigenvalue weighted by atomic mass is 32.1. The van der Waals surface area contributed by atoms with E-state index in [4.69, 9.17) is 5.73 Å². The quantitative estimate of drug-likeness (QED) is 0.332. The van der Waals surface area contributed by atoms with Gasteiger partial charge >= 0.3 is 0 Å². The Kier molecular flexibility index (Phi) is 8.94. The number of allylic oxidation sites excluding steroid dienone is 1. The van der Waals surface area contributed by atoms with Crippen molar-refractivity contribution in [2.75, 3.05) is 13.1 Å². The van der Waals surface area contributed by atoms with Crippen molar-refractivity contribution in [1.29, 1.82) is 0 Å². The number of thiol groups is 1. The van der Waals surface area contributed by atoms with Gasteiger partial charge in [0.1, 0.15) is 12.1 Å². The van der Waals surface area contributed by atoms with Gasteiger partial charge in [0.2, 0.25) is 16.9 Å². The molecule has 1 aliphatic rings. The number of carbonyl (C=O) groups excluding carboxylic acids is 3. The maximum atomic E-state index is 12.4. The first-order valence-electron chi connectivity index (χ1n) is 8.20. The summed E-state index contributed by atoms with van der Waals surface area (Å²) in [5.74, 6) is -0.568. The molecular formula is C16H27N3O3S. The minimum absolute atomic E-state index is 0.115. The predicted octanol–water partition coefficient (Wildman–Crippen LogP) is 1.01. The van der Waals surface area contributed by atoms with Gasteiger partial charge in [-0.2, -0.15) is 0 Å². The van der Waals surface area contributed by atoms with E-state index in [9.17, 15) is 14.4 Å². The SMILES string of the molecule is CCCCC/C=C\C(NC(=O)C1CCCN1C(=O)CN)C(=O)S. The summed E-state index contributed by atoms with van der Waals surface area (Å²) in [7, 11) is 0. The lowest BCUT2D eigenvalue weighted by Crippen LogP contribution is -2.50. The molecule has 1 fully saturated rings. The monoisotopic (exact) mass is 341 g/mol. The summed E-state index contributed by atoms with van der Waals surface area (Å²) < 4.78 is 0. The van der Waals surface area contributed by atoms with E-state index in [0.29, 0.717) is 13.0 Å². The second-order valence-electron chi connectivity index (χ2n) is 5.70. The Morgan fingerprint density at radius 2 is 2.13 bits per heavy atom. The van der Waals surface area contributed by atoms with Gasteiger partial charge in [-0.3, -0.25) is 14.4 Å². The van der Waals surface area contributed by atoms with Crippen molar-refractivity contribution in [2.24, 2.45) is 5.73 Å². The molecule has 0 aromatic heterocycles. The molecule has 1 heterocycles. The lowest BCUT2D eigenvalue weighted by Gasteiger charge is -2.24. The fraction of sp³-hybridized carbons (Fsp3) is 0.688. The van der Waals surface area contributed by atoms with Crippen LogP contribution in [0.5, 0.6) is 0 Å². The van der Waals surface area contributed by atoms with Crippen LogP contribution in [-0.2, 0) is 14.4 Å². The van der Waals surface area contributed by atoms with Gasteiger partial charge in [0.05, 0.1) is 6.54 Å². The summed E-state index contributed by atoms with van der Waals surface area (Å²) >= 11 is 3.83. The zero-order valence-electron chi connectivity index (χ0n) is 13.7. The molecule has 1 aliphatic heterocycles. The molecular weight excluding hydrogens is 314 g/mol. The molecule has 0 aromatic carbocycles. The first kappa shape index (κ1) is 19.7. The van der Waals surface area contributed by atoms with Crippen LogP contribution in [0, 0.1) is 0 Å². The lowest BCUT2D eigenvalue weighted by atomic mass is 10.1. The predicted molar refractivity (Wildman–Crippen MR) is 93.0 cm³/mol. The number of nitrogens with one attached hydrogen (secondary N) is 1. The third-order valence-electron chi connectivity index (χ3n) is 3.92. The molecule has 7 heteroatoms. The summed E-state index contributed by atoms with van der Waals surface area (Å²) in [6.45, 7) is 2.54. The number of nitrogens with zero attached hydrogens (tertiary/aromatic N) is 1. The van der Waals surface area contributed by atoms with Crippen molar-refractivity contribution in [1.82, 2.24) is 10.2 Å². The number of rotatable bonds is 9. The molecule has 0 aromatic rings. The van der Waals surface area contributed by atoms with Crippen LogP contribution < -0.4 is 11.1 Å². The Bertz CT molecular complexity index is 454. The lowest BCUT2D eigenvalue weighted by molar-refractivity contribution is -0.137. The van der Waals surface area contributed by atoms with Crippen LogP contribution in [0.15, 0.2) is 12.2 Å². The Hall–Kier alpha value is -1.34. The molecule has 130 valence electrons. The second-order valence-corrected chi connectivity index (χ2v) is 6.14. The molecule has 1 saturated heterocycles. The zero-order valence-corrected chi connectivity index (χ0v) is 14.6. The smallest absolute Gasteiger partial charge is 0.243 e. The Morgan fingerprint density at radius 1 is 1.39 bits per heavy atom. The number of unbranched alkanes of at least 4 members (excludes halogenated alkanes) is 3. The van der Waals surface area contributed by atoms with Gasteiger partial charge in [0.15, 0.2) is 0 Å². The molecule has 2 unspecified atom stereocenters. The number of amides is 2. The van der Waals surface area contributed by atoms with Crippen LogP contribution in [0.4, 0.5) is 0 Å². The molecule has 3 N–H and O–H groups in total. The number of hydrogen-bond donors (Lipinski definition) is 3. The summed E-state index contributed by atoms with van der Waals surface area (Å²) in [6, 6.07) is -1.31. The Labute approximate surface area is 143 Å². The number of hydrogen-bond acceptors (Lipinski definition) is 4. The Morgan fingerprint density at radius 3 is 2.74 bits per heavy atom. The van der Waals surface area contributed by atoms with Gasteiger partial charge in [-0.25, -0.2) is 0 Å². The van der Waals surface area contributed by atoms with Crippen LogP contribution in [0.2, 0.25) is 0 Å². The molecule has 6 nitrogen and oxygen atoms in total. The average molecular weight is 341 g/mol. The van der Waals surface area contributed by atoms with E-state index in [-0.39, 0.29) is 18.4 Å². The largest absolute Gasteiger partial charge is 0.340 e. The minimum Gasteiger partial charge on any atom is -0.340 e. The van der Waals surface area contributed by atoms with Crippen molar-refractivity contribution in [2.45, 2.75) is 57.5 Å². The van der Waals surface area contributed by atoms with Crippen LogP contribution in [0.1, 0.15) is 45.4 Å². The summed E-state index contributed by atoms with van der Waals surface area (Å²) in [6.07, 6.45) is 9.10. The first-order chi connectivity index (χ1) is 11.0. The fourth-order valence-corrected chi connectivity index (χ4v) is 2.79. The third-order valence-corrected chi connectivity index (χ3v) is 4.20. The maximum absolute atomic E-state index is 12.4. The van der Waals surface area contributed by atoms with Gasteiger partial charge in [-0.1, -0.05) is 31.9 Å². The van der Waals surface area contributed by atoms with Crippen LogP contribution >= 0.6 is 12.6 Å². The van der Waals surface area contributed by atoms with Crippen molar-refractivity contribution in [3.05, 3.63) is 12.2 Å².